The first-order valence-electron chi connectivity index (χ1n) is 12.4. The number of benzene rings is 3. The van der Waals surface area contributed by atoms with E-state index in [4.69, 9.17) is 10.1 Å². The van der Waals surface area contributed by atoms with Crippen molar-refractivity contribution in [2.24, 2.45) is 0 Å². The average Bonchev–Trinajstić information content (AvgIpc) is 3.07. The second-order valence-electron chi connectivity index (χ2n) is 9.50. The molecule has 0 saturated heterocycles. The summed E-state index contributed by atoms with van der Waals surface area (Å²) < 4.78 is 61.5. The summed E-state index contributed by atoms with van der Waals surface area (Å²) in [4.78, 5) is 16.8. The lowest BCUT2D eigenvalue weighted by molar-refractivity contribution is -0.511. The first-order valence-corrected chi connectivity index (χ1v) is 12.4. The van der Waals surface area contributed by atoms with Crippen LogP contribution < -0.4 is 15.0 Å². The largest absolute Gasteiger partial charge is 0.497 e. The first kappa shape index (κ1) is 28.7. The fourth-order valence-electron chi connectivity index (χ4n) is 4.47. The number of carbonyl (C=O) groups excluding carboxylic acids is 1. The SMILES string of the molecule is COc1ccc([NH2+]C2=C(C(=N)C(F)(F)F)C=CCN(c3ccc(-c4ccccc4CN(C)C)cc3F)C2=O)cc1. The highest BCUT2D eigenvalue weighted by atomic mass is 19.4. The van der Waals surface area contributed by atoms with Crippen LogP contribution in [0.25, 0.3) is 11.1 Å². The lowest BCUT2D eigenvalue weighted by Gasteiger charge is -2.22. The van der Waals surface area contributed by atoms with Crippen LogP contribution in [0.5, 0.6) is 5.75 Å². The van der Waals surface area contributed by atoms with Gasteiger partial charge in [0.2, 0.25) is 5.70 Å². The maximum absolute atomic E-state index is 15.6. The van der Waals surface area contributed by atoms with Gasteiger partial charge in [0.25, 0.3) is 0 Å². The smallest absolute Gasteiger partial charge is 0.433 e. The molecule has 3 N–H and O–H groups in total. The van der Waals surface area contributed by atoms with Crippen LogP contribution in [0.4, 0.5) is 28.9 Å². The fraction of sp³-hybridized carbons (Fsp3) is 0.200. The summed E-state index contributed by atoms with van der Waals surface area (Å²) in [5.74, 6) is -1.03. The van der Waals surface area contributed by atoms with E-state index < -0.39 is 29.2 Å². The highest BCUT2D eigenvalue weighted by molar-refractivity contribution is 6.14. The number of ether oxygens (including phenoxy) is 1. The van der Waals surface area contributed by atoms with Gasteiger partial charge in [-0.25, -0.2) is 4.39 Å². The number of anilines is 1. The zero-order valence-corrected chi connectivity index (χ0v) is 22.2. The molecule has 3 aromatic carbocycles. The molecule has 6 nitrogen and oxygen atoms in total. The number of hydrogen-bond donors (Lipinski definition) is 2. The Morgan fingerprint density at radius 3 is 2.40 bits per heavy atom. The van der Waals surface area contributed by atoms with E-state index in [2.05, 4.69) is 0 Å². The lowest BCUT2D eigenvalue weighted by atomic mass is 9.98. The number of amides is 1. The van der Waals surface area contributed by atoms with Crippen molar-refractivity contribution >= 4 is 23.0 Å². The minimum Gasteiger partial charge on any atom is -0.497 e. The first-order chi connectivity index (χ1) is 19.0. The van der Waals surface area contributed by atoms with Gasteiger partial charge in [0, 0.05) is 25.2 Å². The molecular formula is C30H29F4N4O2+. The molecule has 4 rings (SSSR count). The second kappa shape index (κ2) is 11.8. The normalized spacial score (nSPS) is 14.1. The van der Waals surface area contributed by atoms with Crippen LogP contribution in [0.3, 0.4) is 0 Å². The molecule has 0 unspecified atom stereocenters. The van der Waals surface area contributed by atoms with Gasteiger partial charge in [-0.1, -0.05) is 36.4 Å². The molecule has 3 aromatic rings. The molecular weight excluding hydrogens is 524 g/mol. The van der Waals surface area contributed by atoms with Crippen molar-refractivity contribution in [3.8, 4) is 16.9 Å². The van der Waals surface area contributed by atoms with Crippen LogP contribution in [-0.4, -0.2) is 50.4 Å². The molecule has 0 saturated carbocycles. The molecule has 10 heteroatoms. The van der Waals surface area contributed by atoms with E-state index in [1.165, 1.54) is 30.6 Å². The van der Waals surface area contributed by atoms with Gasteiger partial charge in [-0.15, -0.1) is 0 Å². The lowest BCUT2D eigenvalue weighted by Crippen LogP contribution is -2.79. The van der Waals surface area contributed by atoms with E-state index in [-0.39, 0.29) is 17.9 Å². The number of nitrogens with two attached hydrogens (primary N) is 1. The maximum Gasteiger partial charge on any atom is 0.433 e. The molecule has 0 bridgehead atoms. The maximum atomic E-state index is 15.6. The van der Waals surface area contributed by atoms with Gasteiger partial charge >= 0.3 is 12.1 Å². The molecule has 1 aliphatic heterocycles. The Bertz CT molecular complexity index is 1480. The molecule has 0 aromatic heterocycles. The van der Waals surface area contributed by atoms with Crippen molar-refractivity contribution in [3.05, 3.63) is 102 Å². The molecule has 0 aliphatic carbocycles. The minimum atomic E-state index is -4.99. The third-order valence-corrected chi connectivity index (χ3v) is 6.37. The molecule has 208 valence electrons. The Kier molecular flexibility index (Phi) is 8.51. The zero-order valence-electron chi connectivity index (χ0n) is 22.2. The van der Waals surface area contributed by atoms with Gasteiger partial charge in [-0.05, 0) is 61.1 Å². The number of alkyl halides is 3. The van der Waals surface area contributed by atoms with Gasteiger partial charge in [-0.3, -0.25) is 20.4 Å². The third-order valence-electron chi connectivity index (χ3n) is 6.37. The number of nitrogens with zero attached hydrogens (tertiary/aromatic N) is 2. The number of rotatable bonds is 8. The summed E-state index contributed by atoms with van der Waals surface area (Å²) >= 11 is 0. The summed E-state index contributed by atoms with van der Waals surface area (Å²) in [6.45, 7) is 0.457. The number of carbonyl (C=O) groups is 1. The molecule has 1 heterocycles. The van der Waals surface area contributed by atoms with Crippen molar-refractivity contribution in [2.75, 3.05) is 32.6 Å². The van der Waals surface area contributed by atoms with Gasteiger partial charge in [-0.2, -0.15) is 13.2 Å². The van der Waals surface area contributed by atoms with Crippen LogP contribution in [0, 0.1) is 11.2 Å². The standard InChI is InChI=1S/C30H28F4N4O2/c1-37(2)18-20-7-4-5-8-23(20)19-10-15-26(25(31)17-19)38-16-6-9-24(28(35)30(32,33)34)27(29(38)39)36-21-11-13-22(40-3)14-12-21/h4-15,17,35-36H,16,18H2,1-3H3/p+1. The number of hydrogen-bond acceptors (Lipinski definition) is 4. The van der Waals surface area contributed by atoms with Gasteiger partial charge in [0.15, 0.2) is 0 Å². The van der Waals surface area contributed by atoms with Gasteiger partial charge < -0.3 is 9.64 Å². The topological polar surface area (TPSA) is 73.2 Å². The Hall–Kier alpha value is -4.28. The van der Waals surface area contributed by atoms with Crippen LogP contribution in [0.2, 0.25) is 0 Å². The molecule has 0 atom stereocenters. The Morgan fingerprint density at radius 1 is 1.07 bits per heavy atom. The van der Waals surface area contributed by atoms with Crippen molar-refractivity contribution in [1.82, 2.24) is 4.90 Å². The zero-order chi connectivity index (χ0) is 29.0. The number of nitrogens with one attached hydrogen (secondary N) is 1. The Labute approximate surface area is 229 Å². The van der Waals surface area contributed by atoms with Gasteiger partial charge in [0.1, 0.15) is 23.0 Å². The predicted octanol–water partition coefficient (Wildman–Crippen LogP) is 5.20. The summed E-state index contributed by atoms with van der Waals surface area (Å²) in [5, 5.41) is 9.03. The van der Waals surface area contributed by atoms with E-state index in [9.17, 15) is 18.0 Å². The molecule has 1 amide bonds. The Balaban J connectivity index is 1.74. The van der Waals surface area contributed by atoms with Crippen LogP contribution in [0.1, 0.15) is 5.56 Å². The number of allylic oxidation sites excluding steroid dienone is 2. The van der Waals surface area contributed by atoms with Crippen molar-refractivity contribution in [3.63, 3.8) is 0 Å². The second-order valence-corrected chi connectivity index (χ2v) is 9.50. The molecule has 40 heavy (non-hydrogen) atoms. The van der Waals surface area contributed by atoms with Crippen molar-refractivity contribution in [1.29, 1.82) is 5.41 Å². The molecule has 0 radical (unpaired) electrons. The van der Waals surface area contributed by atoms with E-state index in [0.717, 1.165) is 22.1 Å². The van der Waals surface area contributed by atoms with E-state index in [1.807, 2.05) is 43.3 Å². The predicted molar refractivity (Wildman–Crippen MR) is 146 cm³/mol. The highest BCUT2D eigenvalue weighted by Gasteiger charge is 2.41. The number of quaternary nitrogens is 1. The molecule has 0 spiro atoms. The van der Waals surface area contributed by atoms with Crippen molar-refractivity contribution < 1.29 is 32.4 Å². The summed E-state index contributed by atoms with van der Waals surface area (Å²) in [7, 11) is 5.33. The van der Waals surface area contributed by atoms with E-state index in [1.54, 1.807) is 30.3 Å². The highest BCUT2D eigenvalue weighted by Crippen LogP contribution is 2.31. The van der Waals surface area contributed by atoms with Crippen LogP contribution >= 0.6 is 0 Å². The summed E-state index contributed by atoms with van der Waals surface area (Å²) in [6.07, 6.45) is -2.57. The third kappa shape index (κ3) is 6.30. The molecule has 1 aliphatic rings. The van der Waals surface area contributed by atoms with E-state index >= 15 is 4.39 Å². The minimum absolute atomic E-state index is 0.0797. The monoisotopic (exact) mass is 553 g/mol. The fourth-order valence-corrected chi connectivity index (χ4v) is 4.47. The quantitative estimate of drug-likeness (QED) is 0.229. The summed E-state index contributed by atoms with van der Waals surface area (Å²) in [6, 6.07) is 18.4. The van der Waals surface area contributed by atoms with Crippen LogP contribution in [-0.2, 0) is 11.3 Å². The van der Waals surface area contributed by atoms with Crippen molar-refractivity contribution in [2.45, 2.75) is 12.7 Å². The number of halogens is 4. The van der Waals surface area contributed by atoms with Gasteiger partial charge in [0.05, 0.1) is 18.4 Å². The Morgan fingerprint density at radius 2 is 1.77 bits per heavy atom. The van der Waals surface area contributed by atoms with E-state index in [0.29, 0.717) is 23.5 Å². The number of methoxy groups -OCH3 is 1. The summed E-state index contributed by atoms with van der Waals surface area (Å²) in [5.41, 5.74) is 0.139. The average molecular weight is 554 g/mol. The molecule has 0 fully saturated rings. The van der Waals surface area contributed by atoms with Crippen LogP contribution in [0.15, 0.2) is 90.2 Å².